The summed E-state index contributed by atoms with van der Waals surface area (Å²) >= 11 is 0. The van der Waals surface area contributed by atoms with Crippen molar-refractivity contribution in [2.75, 3.05) is 32.7 Å². The molecule has 5 heteroatoms. The van der Waals surface area contributed by atoms with Crippen LogP contribution in [0.3, 0.4) is 0 Å². The van der Waals surface area contributed by atoms with E-state index in [0.717, 1.165) is 64.0 Å². The SMILES string of the molecule is O=C(O[C@H]1CN2CCC1CC2)C(c1ccc(F)cc1)N1CCCCC1. The summed E-state index contributed by atoms with van der Waals surface area (Å²) in [6.07, 6.45) is 5.69. The molecule has 4 nitrogen and oxygen atoms in total. The van der Waals surface area contributed by atoms with Crippen LogP contribution in [0.5, 0.6) is 0 Å². The molecule has 4 fully saturated rings. The van der Waals surface area contributed by atoms with Crippen LogP contribution in [-0.4, -0.2) is 54.6 Å². The lowest BCUT2D eigenvalue weighted by Crippen LogP contribution is -2.52. The van der Waals surface area contributed by atoms with E-state index < -0.39 is 6.04 Å². The number of piperidine rings is 4. The molecule has 4 heterocycles. The Balaban J connectivity index is 1.52. The number of halogens is 1. The van der Waals surface area contributed by atoms with Gasteiger partial charge in [0.25, 0.3) is 0 Å². The number of hydrogen-bond donors (Lipinski definition) is 0. The molecule has 4 saturated heterocycles. The molecule has 0 aliphatic carbocycles. The van der Waals surface area contributed by atoms with Gasteiger partial charge in [-0.3, -0.25) is 9.80 Å². The van der Waals surface area contributed by atoms with Gasteiger partial charge in [0, 0.05) is 6.54 Å². The van der Waals surface area contributed by atoms with Gasteiger partial charge in [-0.2, -0.15) is 0 Å². The van der Waals surface area contributed by atoms with Crippen LogP contribution in [-0.2, 0) is 9.53 Å². The molecular weight excluding hydrogens is 319 g/mol. The van der Waals surface area contributed by atoms with Crippen molar-refractivity contribution in [1.29, 1.82) is 0 Å². The highest BCUT2D eigenvalue weighted by atomic mass is 19.1. The second kappa shape index (κ2) is 7.42. The highest BCUT2D eigenvalue weighted by Crippen LogP contribution is 2.32. The highest BCUT2D eigenvalue weighted by molar-refractivity contribution is 5.78. The number of benzene rings is 1. The molecule has 2 bridgehead atoms. The Morgan fingerprint density at radius 2 is 1.72 bits per heavy atom. The standard InChI is InChI=1S/C20H27FN2O2/c21-17-6-4-16(5-7-17)19(23-10-2-1-3-11-23)20(24)25-18-14-22-12-8-15(18)9-13-22/h4-7,15,18-19H,1-3,8-14H2/t18-,19?/m0/s1. The summed E-state index contributed by atoms with van der Waals surface area (Å²) < 4.78 is 19.3. The zero-order valence-electron chi connectivity index (χ0n) is 14.7. The molecule has 1 aromatic carbocycles. The number of likely N-dealkylation sites (tertiary alicyclic amines) is 1. The summed E-state index contributed by atoms with van der Waals surface area (Å²) in [6.45, 7) is 4.93. The number of esters is 1. The van der Waals surface area contributed by atoms with Crippen LogP contribution in [0.2, 0.25) is 0 Å². The minimum absolute atomic E-state index is 0.0164. The zero-order chi connectivity index (χ0) is 17.2. The zero-order valence-corrected chi connectivity index (χ0v) is 14.7. The van der Waals surface area contributed by atoms with Crippen LogP contribution in [0.1, 0.15) is 43.7 Å². The van der Waals surface area contributed by atoms with Gasteiger partial charge in [0.15, 0.2) is 0 Å². The van der Waals surface area contributed by atoms with E-state index in [2.05, 4.69) is 9.80 Å². The first kappa shape index (κ1) is 17.0. The van der Waals surface area contributed by atoms with Gasteiger partial charge in [-0.05, 0) is 75.5 Å². The molecule has 4 aliphatic heterocycles. The van der Waals surface area contributed by atoms with Gasteiger partial charge in [-0.25, -0.2) is 9.18 Å². The predicted molar refractivity (Wildman–Crippen MR) is 93.6 cm³/mol. The summed E-state index contributed by atoms with van der Waals surface area (Å²) in [5, 5.41) is 0. The Morgan fingerprint density at radius 3 is 2.32 bits per heavy atom. The normalized spacial score (nSPS) is 30.8. The van der Waals surface area contributed by atoms with Crippen LogP contribution >= 0.6 is 0 Å². The van der Waals surface area contributed by atoms with Gasteiger partial charge >= 0.3 is 5.97 Å². The second-order valence-corrected chi connectivity index (χ2v) is 7.66. The fourth-order valence-electron chi connectivity index (χ4n) is 4.58. The minimum Gasteiger partial charge on any atom is -0.459 e. The Morgan fingerprint density at radius 1 is 1.04 bits per heavy atom. The largest absolute Gasteiger partial charge is 0.459 e. The van der Waals surface area contributed by atoms with Gasteiger partial charge in [-0.15, -0.1) is 0 Å². The topological polar surface area (TPSA) is 32.8 Å². The number of ether oxygens (including phenoxy) is 1. The van der Waals surface area contributed by atoms with E-state index in [1.54, 1.807) is 12.1 Å². The third-order valence-electron chi connectivity index (χ3n) is 6.03. The number of hydrogen-bond acceptors (Lipinski definition) is 4. The van der Waals surface area contributed by atoms with Gasteiger partial charge in [0.05, 0.1) is 0 Å². The lowest BCUT2D eigenvalue weighted by molar-refractivity contribution is -0.166. The molecule has 0 saturated carbocycles. The number of nitrogens with zero attached hydrogens (tertiary/aromatic N) is 2. The van der Waals surface area contributed by atoms with E-state index in [1.807, 2.05) is 0 Å². The molecule has 0 spiro atoms. The lowest BCUT2D eigenvalue weighted by atomic mass is 9.86. The van der Waals surface area contributed by atoms with Crippen molar-refractivity contribution in [3.8, 4) is 0 Å². The van der Waals surface area contributed by atoms with E-state index in [9.17, 15) is 9.18 Å². The Hall–Kier alpha value is -1.46. The van der Waals surface area contributed by atoms with Crippen molar-refractivity contribution in [2.45, 2.75) is 44.2 Å². The molecule has 136 valence electrons. The summed E-state index contributed by atoms with van der Waals surface area (Å²) in [4.78, 5) is 17.7. The van der Waals surface area contributed by atoms with E-state index in [4.69, 9.17) is 4.74 Å². The summed E-state index contributed by atoms with van der Waals surface area (Å²) in [7, 11) is 0. The van der Waals surface area contributed by atoms with Crippen molar-refractivity contribution in [1.82, 2.24) is 9.80 Å². The highest BCUT2D eigenvalue weighted by Gasteiger charge is 2.39. The fraction of sp³-hybridized carbons (Fsp3) is 0.650. The van der Waals surface area contributed by atoms with Gasteiger partial charge in [-0.1, -0.05) is 18.6 Å². The van der Waals surface area contributed by atoms with E-state index in [1.165, 1.54) is 18.6 Å². The molecule has 25 heavy (non-hydrogen) atoms. The van der Waals surface area contributed by atoms with Gasteiger partial charge in [0.2, 0.25) is 0 Å². The van der Waals surface area contributed by atoms with Crippen LogP contribution in [0, 0.1) is 11.7 Å². The summed E-state index contributed by atoms with van der Waals surface area (Å²) in [5.41, 5.74) is 0.842. The maximum atomic E-state index is 13.3. The van der Waals surface area contributed by atoms with E-state index >= 15 is 0 Å². The summed E-state index contributed by atoms with van der Waals surface area (Å²) in [5.74, 6) is 0.0725. The quantitative estimate of drug-likeness (QED) is 0.785. The lowest BCUT2D eigenvalue weighted by Gasteiger charge is -2.44. The monoisotopic (exact) mass is 346 g/mol. The average Bonchev–Trinajstić information content (AvgIpc) is 2.65. The van der Waals surface area contributed by atoms with Crippen LogP contribution < -0.4 is 0 Å². The van der Waals surface area contributed by atoms with Crippen molar-refractivity contribution < 1.29 is 13.9 Å². The Labute approximate surface area is 148 Å². The molecule has 0 radical (unpaired) electrons. The van der Waals surface area contributed by atoms with Crippen molar-refractivity contribution in [3.63, 3.8) is 0 Å². The number of carbonyl (C=O) groups excluding carboxylic acids is 1. The van der Waals surface area contributed by atoms with Gasteiger partial charge in [0.1, 0.15) is 18.0 Å². The molecule has 1 unspecified atom stereocenters. The smallest absolute Gasteiger partial charge is 0.328 e. The second-order valence-electron chi connectivity index (χ2n) is 7.66. The summed E-state index contributed by atoms with van der Waals surface area (Å²) in [6, 6.07) is 5.93. The molecule has 0 amide bonds. The van der Waals surface area contributed by atoms with Crippen molar-refractivity contribution >= 4 is 5.97 Å². The van der Waals surface area contributed by atoms with Crippen molar-refractivity contribution in [3.05, 3.63) is 35.6 Å². The molecule has 4 aliphatic rings. The minimum atomic E-state index is -0.406. The number of carbonyl (C=O) groups is 1. The molecule has 0 aromatic heterocycles. The van der Waals surface area contributed by atoms with Crippen LogP contribution in [0.4, 0.5) is 4.39 Å². The first-order valence-electron chi connectivity index (χ1n) is 9.63. The molecule has 5 rings (SSSR count). The Kier molecular flexibility index (Phi) is 5.04. The van der Waals surface area contributed by atoms with Crippen LogP contribution in [0.25, 0.3) is 0 Å². The molecular formula is C20H27FN2O2. The van der Waals surface area contributed by atoms with Gasteiger partial charge < -0.3 is 4.74 Å². The number of fused-ring (bicyclic) bond motifs is 3. The Bertz CT molecular complexity index is 592. The molecule has 2 atom stereocenters. The first-order chi connectivity index (χ1) is 12.2. The maximum absolute atomic E-state index is 13.3. The van der Waals surface area contributed by atoms with E-state index in [0.29, 0.717) is 5.92 Å². The first-order valence-corrected chi connectivity index (χ1v) is 9.63. The fourth-order valence-corrected chi connectivity index (χ4v) is 4.58. The van der Waals surface area contributed by atoms with Crippen molar-refractivity contribution in [2.24, 2.45) is 5.92 Å². The maximum Gasteiger partial charge on any atom is 0.328 e. The van der Waals surface area contributed by atoms with Crippen LogP contribution in [0.15, 0.2) is 24.3 Å². The van der Waals surface area contributed by atoms with E-state index in [-0.39, 0.29) is 17.9 Å². The number of rotatable bonds is 4. The molecule has 1 aromatic rings. The average molecular weight is 346 g/mol. The molecule has 0 N–H and O–H groups in total. The predicted octanol–water partition coefficient (Wildman–Crippen LogP) is 2.99. The third kappa shape index (κ3) is 3.72. The third-order valence-corrected chi connectivity index (χ3v) is 6.03.